The standard InChI is InChI=1S/C17H24BrNO/c1-3-5-6-14(4-2)13-19-17(20)12-9-15-7-10-16(18)11-8-15/h7-12,14H,3-6,13H2,1-2H3,(H,19,20)/b12-9+/t14-/m0/s1. The molecule has 1 N–H and O–H groups in total. The molecule has 1 rings (SSSR count). The Balaban J connectivity index is 2.37. The lowest BCUT2D eigenvalue weighted by Gasteiger charge is -2.14. The molecule has 2 nitrogen and oxygen atoms in total. The van der Waals surface area contributed by atoms with Crippen molar-refractivity contribution in [3.05, 3.63) is 40.4 Å². The van der Waals surface area contributed by atoms with Gasteiger partial charge >= 0.3 is 0 Å². The lowest BCUT2D eigenvalue weighted by atomic mass is 9.99. The minimum atomic E-state index is -0.0112. The maximum Gasteiger partial charge on any atom is 0.244 e. The molecule has 0 spiro atoms. The van der Waals surface area contributed by atoms with Crippen molar-refractivity contribution in [1.82, 2.24) is 5.32 Å². The van der Waals surface area contributed by atoms with Crippen LogP contribution in [0.15, 0.2) is 34.8 Å². The van der Waals surface area contributed by atoms with Crippen molar-refractivity contribution in [3.63, 3.8) is 0 Å². The first-order chi connectivity index (χ1) is 9.65. The molecule has 1 atom stereocenters. The maximum absolute atomic E-state index is 11.8. The Hall–Kier alpha value is -1.09. The quantitative estimate of drug-likeness (QED) is 0.678. The van der Waals surface area contributed by atoms with Gasteiger partial charge in [-0.15, -0.1) is 0 Å². The van der Waals surface area contributed by atoms with Gasteiger partial charge in [0.25, 0.3) is 0 Å². The number of hydrogen-bond acceptors (Lipinski definition) is 1. The second-order valence-electron chi connectivity index (χ2n) is 5.05. The fraction of sp³-hybridized carbons (Fsp3) is 0.471. The predicted molar refractivity (Wildman–Crippen MR) is 89.5 cm³/mol. The molecule has 0 aromatic heterocycles. The number of unbranched alkanes of at least 4 members (excludes halogenated alkanes) is 1. The molecule has 0 bridgehead atoms. The van der Waals surface area contributed by atoms with Crippen LogP contribution in [0.3, 0.4) is 0 Å². The van der Waals surface area contributed by atoms with Gasteiger partial charge in [-0.1, -0.05) is 61.2 Å². The van der Waals surface area contributed by atoms with Crippen LogP contribution < -0.4 is 5.32 Å². The molecule has 20 heavy (non-hydrogen) atoms. The summed E-state index contributed by atoms with van der Waals surface area (Å²) in [6, 6.07) is 7.89. The van der Waals surface area contributed by atoms with Crippen LogP contribution in [-0.2, 0) is 4.79 Å². The van der Waals surface area contributed by atoms with E-state index >= 15 is 0 Å². The highest BCUT2D eigenvalue weighted by Gasteiger charge is 2.06. The normalized spacial score (nSPS) is 12.6. The molecule has 0 unspecified atom stereocenters. The van der Waals surface area contributed by atoms with Gasteiger partial charge in [-0.25, -0.2) is 0 Å². The Bertz CT molecular complexity index is 425. The number of halogens is 1. The van der Waals surface area contributed by atoms with E-state index in [1.165, 1.54) is 19.3 Å². The number of carbonyl (C=O) groups excluding carboxylic acids is 1. The van der Waals surface area contributed by atoms with Crippen molar-refractivity contribution >= 4 is 27.9 Å². The van der Waals surface area contributed by atoms with Crippen LogP contribution in [0.4, 0.5) is 0 Å². The van der Waals surface area contributed by atoms with Gasteiger partial charge in [-0.05, 0) is 36.1 Å². The van der Waals surface area contributed by atoms with E-state index in [2.05, 4.69) is 35.1 Å². The Morgan fingerprint density at radius 1 is 1.30 bits per heavy atom. The lowest BCUT2D eigenvalue weighted by molar-refractivity contribution is -0.116. The number of rotatable bonds is 8. The van der Waals surface area contributed by atoms with E-state index in [0.717, 1.165) is 23.0 Å². The van der Waals surface area contributed by atoms with Crippen molar-refractivity contribution in [2.45, 2.75) is 39.5 Å². The minimum absolute atomic E-state index is 0.0112. The number of carbonyl (C=O) groups is 1. The van der Waals surface area contributed by atoms with Gasteiger partial charge in [0, 0.05) is 17.1 Å². The first kappa shape index (κ1) is 17.0. The third kappa shape index (κ3) is 6.90. The summed E-state index contributed by atoms with van der Waals surface area (Å²) in [7, 11) is 0. The van der Waals surface area contributed by atoms with Gasteiger partial charge < -0.3 is 5.32 Å². The smallest absolute Gasteiger partial charge is 0.244 e. The summed E-state index contributed by atoms with van der Waals surface area (Å²) in [6.07, 6.45) is 8.22. The Kier molecular flexibility index (Phi) is 8.28. The van der Waals surface area contributed by atoms with Crippen LogP contribution in [0.2, 0.25) is 0 Å². The van der Waals surface area contributed by atoms with Gasteiger partial charge in [0.05, 0.1) is 0 Å². The zero-order valence-electron chi connectivity index (χ0n) is 12.4. The van der Waals surface area contributed by atoms with Gasteiger partial charge in [-0.3, -0.25) is 4.79 Å². The van der Waals surface area contributed by atoms with Crippen LogP contribution in [0, 0.1) is 5.92 Å². The largest absolute Gasteiger partial charge is 0.352 e. The zero-order valence-corrected chi connectivity index (χ0v) is 13.9. The van der Waals surface area contributed by atoms with Gasteiger partial charge in [0.15, 0.2) is 0 Å². The average Bonchev–Trinajstić information content (AvgIpc) is 2.47. The van der Waals surface area contributed by atoms with E-state index in [1.54, 1.807) is 6.08 Å². The second kappa shape index (κ2) is 9.76. The summed E-state index contributed by atoms with van der Waals surface area (Å²) in [4.78, 5) is 11.8. The first-order valence-electron chi connectivity index (χ1n) is 7.37. The molecule has 0 heterocycles. The molecule has 110 valence electrons. The number of hydrogen-bond donors (Lipinski definition) is 1. The van der Waals surface area contributed by atoms with E-state index < -0.39 is 0 Å². The van der Waals surface area contributed by atoms with Crippen LogP contribution in [-0.4, -0.2) is 12.5 Å². The third-order valence-corrected chi connectivity index (χ3v) is 3.93. The average molecular weight is 338 g/mol. The van der Waals surface area contributed by atoms with Crippen molar-refractivity contribution in [3.8, 4) is 0 Å². The van der Waals surface area contributed by atoms with E-state index in [9.17, 15) is 4.79 Å². The Labute approximate surface area is 130 Å². The molecule has 0 fully saturated rings. The predicted octanol–water partition coefficient (Wildman–Crippen LogP) is 4.79. The Morgan fingerprint density at radius 3 is 2.60 bits per heavy atom. The van der Waals surface area contributed by atoms with Gasteiger partial charge in [-0.2, -0.15) is 0 Å². The summed E-state index contributed by atoms with van der Waals surface area (Å²) < 4.78 is 1.04. The summed E-state index contributed by atoms with van der Waals surface area (Å²) >= 11 is 3.39. The molecule has 0 saturated carbocycles. The molecule has 1 aromatic carbocycles. The van der Waals surface area contributed by atoms with Crippen LogP contribution in [0.25, 0.3) is 6.08 Å². The molecule has 0 saturated heterocycles. The maximum atomic E-state index is 11.8. The lowest BCUT2D eigenvalue weighted by Crippen LogP contribution is -2.27. The van der Waals surface area contributed by atoms with Crippen LogP contribution in [0.1, 0.15) is 45.1 Å². The second-order valence-corrected chi connectivity index (χ2v) is 5.96. The third-order valence-electron chi connectivity index (χ3n) is 3.41. The van der Waals surface area contributed by atoms with Crippen LogP contribution >= 0.6 is 15.9 Å². The minimum Gasteiger partial charge on any atom is -0.352 e. The summed E-state index contributed by atoms with van der Waals surface area (Å²) in [5.74, 6) is 0.586. The molecule has 0 aliphatic heterocycles. The Morgan fingerprint density at radius 2 is 2.00 bits per heavy atom. The molecule has 1 amide bonds. The molecule has 1 aromatic rings. The van der Waals surface area contributed by atoms with Crippen molar-refractivity contribution in [2.75, 3.05) is 6.54 Å². The van der Waals surface area contributed by atoms with Gasteiger partial charge in [0.1, 0.15) is 0 Å². The highest BCUT2D eigenvalue weighted by Crippen LogP contribution is 2.12. The van der Waals surface area contributed by atoms with Crippen molar-refractivity contribution in [1.29, 1.82) is 0 Å². The molecule has 0 aliphatic rings. The SMILES string of the molecule is CCCC[C@H](CC)CNC(=O)/C=C/c1ccc(Br)cc1. The molecule has 3 heteroatoms. The fourth-order valence-electron chi connectivity index (χ4n) is 1.99. The highest BCUT2D eigenvalue weighted by atomic mass is 79.9. The van der Waals surface area contributed by atoms with E-state index in [0.29, 0.717) is 5.92 Å². The van der Waals surface area contributed by atoms with E-state index in [-0.39, 0.29) is 5.91 Å². The van der Waals surface area contributed by atoms with Crippen LogP contribution in [0.5, 0.6) is 0 Å². The molecule has 0 radical (unpaired) electrons. The molecular formula is C17H24BrNO. The summed E-state index contributed by atoms with van der Waals surface area (Å²) in [5.41, 5.74) is 1.03. The summed E-state index contributed by atoms with van der Waals surface area (Å²) in [5, 5.41) is 2.99. The first-order valence-corrected chi connectivity index (χ1v) is 8.16. The highest BCUT2D eigenvalue weighted by molar-refractivity contribution is 9.10. The number of amides is 1. The summed E-state index contributed by atoms with van der Waals surface area (Å²) in [6.45, 7) is 5.16. The van der Waals surface area contributed by atoms with Crippen molar-refractivity contribution in [2.24, 2.45) is 5.92 Å². The molecular weight excluding hydrogens is 314 g/mol. The zero-order chi connectivity index (χ0) is 14.8. The molecule has 0 aliphatic carbocycles. The monoisotopic (exact) mass is 337 g/mol. The number of nitrogens with one attached hydrogen (secondary N) is 1. The van der Waals surface area contributed by atoms with Gasteiger partial charge in [0.2, 0.25) is 5.91 Å². The van der Waals surface area contributed by atoms with E-state index in [1.807, 2.05) is 30.3 Å². The van der Waals surface area contributed by atoms with Crippen molar-refractivity contribution < 1.29 is 4.79 Å². The van der Waals surface area contributed by atoms with E-state index in [4.69, 9.17) is 0 Å². The number of benzene rings is 1. The fourth-order valence-corrected chi connectivity index (χ4v) is 2.26. The topological polar surface area (TPSA) is 29.1 Å².